The van der Waals surface area contributed by atoms with E-state index in [9.17, 15) is 5.11 Å². The topological polar surface area (TPSA) is 38.7 Å². The molecule has 1 fully saturated rings. The maximum absolute atomic E-state index is 9.87. The number of rotatable bonds is 15. The Balaban J connectivity index is 1.78. The smallest absolute Gasteiger partial charge is 0.261 e. The van der Waals surface area contributed by atoms with Crippen molar-refractivity contribution >= 4 is 27.0 Å². The van der Waals surface area contributed by atoms with Crippen LogP contribution in [0.2, 0.25) is 23.2 Å². The van der Waals surface area contributed by atoms with Crippen LogP contribution in [-0.2, 0) is 8.85 Å². The van der Waals surface area contributed by atoms with Crippen LogP contribution in [0, 0.1) is 35.0 Å². The Hall–Kier alpha value is -1.77. The van der Waals surface area contributed by atoms with E-state index in [0.717, 1.165) is 32.3 Å². The molecule has 50 heavy (non-hydrogen) atoms. The zero-order valence-electron chi connectivity index (χ0n) is 33.9. The molecule has 2 aromatic rings. The van der Waals surface area contributed by atoms with Crippen LogP contribution in [0.4, 0.5) is 0 Å². The van der Waals surface area contributed by atoms with Crippen LogP contribution in [-0.4, -0.2) is 41.6 Å². The van der Waals surface area contributed by atoms with Crippen molar-refractivity contribution in [2.75, 3.05) is 19.8 Å². The fraction of sp³-hybridized carbons (Fsp3) is 0.644. The molecule has 2 aliphatic rings. The van der Waals surface area contributed by atoms with Crippen LogP contribution >= 0.6 is 0 Å². The van der Waals surface area contributed by atoms with Crippen LogP contribution in [0.3, 0.4) is 0 Å². The molecule has 0 saturated heterocycles. The first-order chi connectivity index (χ1) is 23.4. The third-order valence-corrected chi connectivity index (χ3v) is 22.7. The third kappa shape index (κ3) is 8.88. The molecule has 3 nitrogen and oxygen atoms in total. The van der Waals surface area contributed by atoms with E-state index in [1.165, 1.54) is 34.4 Å². The van der Waals surface area contributed by atoms with Gasteiger partial charge in [0.05, 0.1) is 6.61 Å². The highest BCUT2D eigenvalue weighted by molar-refractivity contribution is 6.99. The van der Waals surface area contributed by atoms with Gasteiger partial charge in [-0.3, -0.25) is 0 Å². The molecule has 0 amide bonds. The maximum atomic E-state index is 9.87. The van der Waals surface area contributed by atoms with Crippen molar-refractivity contribution in [3.05, 3.63) is 84.0 Å². The molecule has 2 aromatic carbocycles. The standard InChI is InChI=1S/C45H72O3Si2/c1-34(2)39-29-30-45(10,33-48-49(11,12)43(4,5)6)42(39)28-26-36(41-27-25-35(3)40(41)24-19-31-46)32-47-50(44(7,8)9,37-20-15-13-16-21-37)38-22-17-14-18-23-38/h13-18,20-23,26-27,34-35,39-40,42,46H,19,24-25,28-33H2,1-12H3/b36-26-/t35-,39+,40-,42-,45+/m0/s1. The van der Waals surface area contributed by atoms with Gasteiger partial charge in [0.1, 0.15) is 0 Å². The Morgan fingerprint density at radius 3 is 2.00 bits per heavy atom. The second-order valence-corrected chi connectivity index (χ2v) is 28.1. The number of aliphatic hydroxyl groups is 1. The third-order valence-electron chi connectivity index (χ3n) is 13.2. The van der Waals surface area contributed by atoms with Gasteiger partial charge in [-0.05, 0) is 118 Å². The Morgan fingerprint density at radius 2 is 1.50 bits per heavy atom. The molecule has 0 radical (unpaired) electrons. The molecule has 0 heterocycles. The minimum atomic E-state index is -2.72. The summed E-state index contributed by atoms with van der Waals surface area (Å²) < 4.78 is 14.7. The largest absolute Gasteiger partial charge is 0.416 e. The van der Waals surface area contributed by atoms with Crippen molar-refractivity contribution in [1.29, 1.82) is 0 Å². The van der Waals surface area contributed by atoms with Gasteiger partial charge >= 0.3 is 0 Å². The average molecular weight is 717 g/mol. The minimum absolute atomic E-state index is 0.0810. The Labute approximate surface area is 309 Å². The van der Waals surface area contributed by atoms with Crippen molar-refractivity contribution in [2.24, 2.45) is 35.0 Å². The van der Waals surface area contributed by atoms with Gasteiger partial charge in [0.15, 0.2) is 8.32 Å². The van der Waals surface area contributed by atoms with Crippen molar-refractivity contribution in [1.82, 2.24) is 0 Å². The monoisotopic (exact) mass is 717 g/mol. The molecule has 5 heteroatoms. The van der Waals surface area contributed by atoms with E-state index in [-0.39, 0.29) is 22.1 Å². The molecule has 0 aliphatic heterocycles. The van der Waals surface area contributed by atoms with E-state index < -0.39 is 16.6 Å². The average Bonchev–Trinajstić information content (AvgIpc) is 3.59. The summed E-state index contributed by atoms with van der Waals surface area (Å²) in [6, 6.07) is 22.2. The SMILES string of the molecule is CC(C)[C@H]1CC[C@](C)(CO[Si](C)(C)C(C)(C)C)[C@H]1C/C=C(/CO[Si](c1ccccc1)(c1ccccc1)C(C)(C)C)C1=CC[C@H](C)[C@@H]1CCCO. The van der Waals surface area contributed by atoms with E-state index >= 15 is 0 Å². The number of aliphatic hydroxyl groups excluding tert-OH is 1. The molecule has 0 unspecified atom stereocenters. The second-order valence-electron chi connectivity index (χ2n) is 19.0. The second kappa shape index (κ2) is 16.5. The van der Waals surface area contributed by atoms with Gasteiger partial charge in [-0.15, -0.1) is 0 Å². The van der Waals surface area contributed by atoms with E-state index in [4.69, 9.17) is 8.85 Å². The highest BCUT2D eigenvalue weighted by Crippen LogP contribution is 2.53. The van der Waals surface area contributed by atoms with Crippen molar-refractivity contribution in [3.63, 3.8) is 0 Å². The first kappa shape index (κ1) is 41.0. The number of allylic oxidation sites excluding steroid dienone is 2. The predicted octanol–water partition coefficient (Wildman–Crippen LogP) is 10.9. The lowest BCUT2D eigenvalue weighted by molar-refractivity contribution is 0.0860. The van der Waals surface area contributed by atoms with E-state index in [0.29, 0.717) is 36.2 Å². The fourth-order valence-corrected chi connectivity index (χ4v) is 14.6. The molecule has 278 valence electrons. The lowest BCUT2D eigenvalue weighted by atomic mass is 9.72. The summed E-state index contributed by atoms with van der Waals surface area (Å²) in [7, 11) is -4.59. The predicted molar refractivity (Wildman–Crippen MR) is 220 cm³/mol. The maximum Gasteiger partial charge on any atom is 0.261 e. The number of hydrogen-bond acceptors (Lipinski definition) is 3. The summed E-state index contributed by atoms with van der Waals surface area (Å²) in [5.41, 5.74) is 3.01. The normalized spacial score (nSPS) is 25.4. The zero-order chi connectivity index (χ0) is 37.0. The molecule has 1 saturated carbocycles. The van der Waals surface area contributed by atoms with Crippen LogP contribution in [0.5, 0.6) is 0 Å². The molecule has 1 N–H and O–H groups in total. The lowest BCUT2D eigenvalue weighted by Crippen LogP contribution is -2.66. The van der Waals surface area contributed by atoms with Gasteiger partial charge in [0, 0.05) is 13.2 Å². The quantitative estimate of drug-likeness (QED) is 0.187. The highest BCUT2D eigenvalue weighted by Gasteiger charge is 2.51. The summed E-state index contributed by atoms with van der Waals surface area (Å²) in [4.78, 5) is 0. The first-order valence-electron chi connectivity index (χ1n) is 19.8. The number of benzene rings is 2. The Kier molecular flexibility index (Phi) is 13.5. The van der Waals surface area contributed by atoms with Gasteiger partial charge in [-0.2, -0.15) is 0 Å². The van der Waals surface area contributed by atoms with Crippen LogP contribution in [0.1, 0.15) is 108 Å². The number of hydrogen-bond donors (Lipinski definition) is 1. The van der Waals surface area contributed by atoms with Crippen LogP contribution in [0.15, 0.2) is 84.0 Å². The zero-order valence-corrected chi connectivity index (χ0v) is 35.9. The van der Waals surface area contributed by atoms with Crippen molar-refractivity contribution < 1.29 is 14.0 Å². The molecule has 2 aliphatic carbocycles. The molecule has 0 spiro atoms. The lowest BCUT2D eigenvalue weighted by Gasteiger charge is -2.43. The Morgan fingerprint density at radius 1 is 0.920 bits per heavy atom. The fourth-order valence-electron chi connectivity index (χ4n) is 8.93. The van der Waals surface area contributed by atoms with E-state index in [2.05, 4.69) is 155 Å². The van der Waals surface area contributed by atoms with Gasteiger partial charge in [0.2, 0.25) is 0 Å². The first-order valence-corrected chi connectivity index (χ1v) is 24.6. The Bertz CT molecular complexity index is 1380. The summed E-state index contributed by atoms with van der Waals surface area (Å²) in [6.45, 7) is 30.5. The van der Waals surface area contributed by atoms with E-state index in [1.54, 1.807) is 0 Å². The van der Waals surface area contributed by atoms with Gasteiger partial charge in [-0.1, -0.05) is 142 Å². The molecular formula is C45H72O3Si2. The summed E-state index contributed by atoms with van der Waals surface area (Å²) in [6.07, 6.45) is 11.7. The molecule has 4 rings (SSSR count). The van der Waals surface area contributed by atoms with Crippen LogP contribution in [0.25, 0.3) is 0 Å². The van der Waals surface area contributed by atoms with Gasteiger partial charge in [-0.25, -0.2) is 0 Å². The summed E-state index contributed by atoms with van der Waals surface area (Å²) in [5.74, 6) is 2.91. The van der Waals surface area contributed by atoms with E-state index in [1.807, 2.05) is 0 Å². The molecule has 0 aromatic heterocycles. The molecular weight excluding hydrogens is 645 g/mol. The minimum Gasteiger partial charge on any atom is -0.416 e. The van der Waals surface area contributed by atoms with Crippen molar-refractivity contribution in [2.45, 2.75) is 131 Å². The summed E-state index contributed by atoms with van der Waals surface area (Å²) in [5, 5.41) is 12.7. The van der Waals surface area contributed by atoms with Gasteiger partial charge in [0.25, 0.3) is 8.32 Å². The van der Waals surface area contributed by atoms with Crippen molar-refractivity contribution in [3.8, 4) is 0 Å². The highest BCUT2D eigenvalue weighted by atomic mass is 28.4. The van der Waals surface area contributed by atoms with Crippen LogP contribution < -0.4 is 10.4 Å². The molecule has 0 bridgehead atoms. The summed E-state index contributed by atoms with van der Waals surface area (Å²) >= 11 is 0. The van der Waals surface area contributed by atoms with Gasteiger partial charge < -0.3 is 14.0 Å². The molecule has 5 atom stereocenters.